The van der Waals surface area contributed by atoms with Crippen molar-refractivity contribution in [1.29, 1.82) is 0 Å². The van der Waals surface area contributed by atoms with Crippen LogP contribution in [0.15, 0.2) is 36.8 Å². The van der Waals surface area contributed by atoms with Gasteiger partial charge in [-0.05, 0) is 18.2 Å². The molecule has 2 heterocycles. The molecule has 0 fully saturated rings. The maximum absolute atomic E-state index is 4.09. The quantitative estimate of drug-likeness (QED) is 0.792. The third-order valence-corrected chi connectivity index (χ3v) is 2.06. The first kappa shape index (κ1) is 8.74. The van der Waals surface area contributed by atoms with Crippen LogP contribution in [0.4, 0.5) is 5.69 Å². The van der Waals surface area contributed by atoms with Crippen LogP contribution in [-0.2, 0) is 13.6 Å². The fraction of sp³-hybridized carbons (Fsp3) is 0.200. The van der Waals surface area contributed by atoms with Crippen LogP contribution in [0, 0.1) is 0 Å². The smallest absolute Gasteiger partial charge is 0.0571 e. The molecule has 4 heteroatoms. The average molecular weight is 188 g/mol. The lowest BCUT2D eigenvalue weighted by Gasteiger charge is -2.05. The lowest BCUT2D eigenvalue weighted by molar-refractivity contribution is 0.720. The van der Waals surface area contributed by atoms with Gasteiger partial charge in [-0.2, -0.15) is 5.10 Å². The third kappa shape index (κ3) is 1.90. The highest BCUT2D eigenvalue weighted by Crippen LogP contribution is 2.05. The zero-order valence-corrected chi connectivity index (χ0v) is 8.01. The normalized spacial score (nSPS) is 10.1. The van der Waals surface area contributed by atoms with E-state index in [0.717, 1.165) is 17.9 Å². The number of nitrogens with one attached hydrogen (secondary N) is 1. The maximum atomic E-state index is 4.09. The topological polar surface area (TPSA) is 42.7 Å². The van der Waals surface area contributed by atoms with Gasteiger partial charge in [0.15, 0.2) is 0 Å². The van der Waals surface area contributed by atoms with Gasteiger partial charge in [-0.25, -0.2) is 0 Å². The van der Waals surface area contributed by atoms with Crippen LogP contribution < -0.4 is 5.32 Å². The van der Waals surface area contributed by atoms with E-state index in [9.17, 15) is 0 Å². The number of anilines is 1. The molecule has 0 aliphatic rings. The Balaban J connectivity index is 1.99. The minimum absolute atomic E-state index is 0.766. The standard InChI is InChI=1S/C10H12N4/c1-14-10(4-6-13-14)8-12-9-3-2-5-11-7-9/h2-7,12H,8H2,1H3. The maximum Gasteiger partial charge on any atom is 0.0571 e. The number of hydrogen-bond acceptors (Lipinski definition) is 3. The Hall–Kier alpha value is -1.84. The van der Waals surface area contributed by atoms with Gasteiger partial charge < -0.3 is 5.32 Å². The van der Waals surface area contributed by atoms with E-state index < -0.39 is 0 Å². The van der Waals surface area contributed by atoms with Crippen molar-refractivity contribution in [3.63, 3.8) is 0 Å². The molecular weight excluding hydrogens is 176 g/mol. The number of aryl methyl sites for hydroxylation is 1. The van der Waals surface area contributed by atoms with Crippen LogP contribution in [0.2, 0.25) is 0 Å². The van der Waals surface area contributed by atoms with Gasteiger partial charge in [-0.3, -0.25) is 9.67 Å². The highest BCUT2D eigenvalue weighted by atomic mass is 15.3. The molecule has 14 heavy (non-hydrogen) atoms. The van der Waals surface area contributed by atoms with Gasteiger partial charge in [0.25, 0.3) is 0 Å². The van der Waals surface area contributed by atoms with Gasteiger partial charge in [-0.1, -0.05) is 0 Å². The zero-order chi connectivity index (χ0) is 9.80. The van der Waals surface area contributed by atoms with Gasteiger partial charge in [0.1, 0.15) is 0 Å². The van der Waals surface area contributed by atoms with Crippen molar-refractivity contribution in [2.75, 3.05) is 5.32 Å². The molecule has 2 aromatic heterocycles. The van der Waals surface area contributed by atoms with Gasteiger partial charge in [-0.15, -0.1) is 0 Å². The number of pyridine rings is 1. The molecule has 72 valence electrons. The van der Waals surface area contributed by atoms with Crippen LogP contribution in [0.3, 0.4) is 0 Å². The van der Waals surface area contributed by atoms with E-state index in [2.05, 4.69) is 15.4 Å². The molecule has 0 aliphatic heterocycles. The van der Waals surface area contributed by atoms with E-state index in [1.165, 1.54) is 0 Å². The Morgan fingerprint density at radius 3 is 2.93 bits per heavy atom. The monoisotopic (exact) mass is 188 g/mol. The zero-order valence-electron chi connectivity index (χ0n) is 8.01. The summed E-state index contributed by atoms with van der Waals surface area (Å²) >= 11 is 0. The Bertz CT molecular complexity index is 394. The molecule has 0 aromatic carbocycles. The van der Waals surface area contributed by atoms with Gasteiger partial charge in [0, 0.05) is 25.6 Å². The van der Waals surface area contributed by atoms with E-state index in [1.807, 2.05) is 29.9 Å². The molecule has 0 unspecified atom stereocenters. The number of nitrogens with zero attached hydrogens (tertiary/aromatic N) is 3. The predicted octanol–water partition coefficient (Wildman–Crippen LogP) is 1.43. The first-order chi connectivity index (χ1) is 6.86. The lowest BCUT2D eigenvalue weighted by atomic mass is 10.4. The SMILES string of the molecule is Cn1nccc1CNc1cccnc1. The summed E-state index contributed by atoms with van der Waals surface area (Å²) in [5.74, 6) is 0. The molecule has 2 rings (SSSR count). The Kier molecular flexibility index (Phi) is 2.44. The fourth-order valence-electron chi connectivity index (χ4n) is 1.23. The van der Waals surface area contributed by atoms with E-state index in [0.29, 0.717) is 0 Å². The van der Waals surface area contributed by atoms with Crippen molar-refractivity contribution in [3.8, 4) is 0 Å². The van der Waals surface area contributed by atoms with E-state index >= 15 is 0 Å². The molecule has 0 saturated heterocycles. The molecule has 0 bridgehead atoms. The van der Waals surface area contributed by atoms with Gasteiger partial charge in [0.2, 0.25) is 0 Å². The second kappa shape index (κ2) is 3.91. The minimum atomic E-state index is 0.766. The van der Waals surface area contributed by atoms with Crippen molar-refractivity contribution in [2.45, 2.75) is 6.54 Å². The summed E-state index contributed by atoms with van der Waals surface area (Å²) in [4.78, 5) is 4.02. The van der Waals surface area contributed by atoms with Crippen LogP contribution in [-0.4, -0.2) is 14.8 Å². The molecule has 2 aromatic rings. The molecule has 0 radical (unpaired) electrons. The summed E-state index contributed by atoms with van der Waals surface area (Å²) in [6.07, 6.45) is 5.35. The van der Waals surface area contributed by atoms with Gasteiger partial charge >= 0.3 is 0 Å². The number of hydrogen-bond donors (Lipinski definition) is 1. The largest absolute Gasteiger partial charge is 0.378 e. The van der Waals surface area contributed by atoms with E-state index in [4.69, 9.17) is 0 Å². The molecule has 4 nitrogen and oxygen atoms in total. The highest BCUT2D eigenvalue weighted by molar-refractivity contribution is 5.39. The van der Waals surface area contributed by atoms with Crippen molar-refractivity contribution >= 4 is 5.69 Å². The molecule has 0 amide bonds. The minimum Gasteiger partial charge on any atom is -0.378 e. The summed E-state index contributed by atoms with van der Waals surface area (Å²) < 4.78 is 1.85. The molecule has 0 saturated carbocycles. The van der Waals surface area contributed by atoms with Crippen LogP contribution in [0.5, 0.6) is 0 Å². The third-order valence-electron chi connectivity index (χ3n) is 2.06. The summed E-state index contributed by atoms with van der Waals surface area (Å²) in [5, 5.41) is 7.35. The summed E-state index contributed by atoms with van der Waals surface area (Å²) in [7, 11) is 1.93. The second-order valence-corrected chi connectivity index (χ2v) is 3.04. The van der Waals surface area contributed by atoms with Crippen LogP contribution >= 0.6 is 0 Å². The van der Waals surface area contributed by atoms with Crippen LogP contribution in [0.25, 0.3) is 0 Å². The Morgan fingerprint density at radius 2 is 2.29 bits per heavy atom. The Morgan fingerprint density at radius 1 is 1.36 bits per heavy atom. The molecule has 0 atom stereocenters. The van der Waals surface area contributed by atoms with Crippen LogP contribution in [0.1, 0.15) is 5.69 Å². The fourth-order valence-corrected chi connectivity index (χ4v) is 1.23. The van der Waals surface area contributed by atoms with Crippen molar-refractivity contribution in [2.24, 2.45) is 7.05 Å². The molecule has 0 aliphatic carbocycles. The summed E-state index contributed by atoms with van der Waals surface area (Å²) in [6, 6.07) is 5.89. The van der Waals surface area contributed by atoms with Crippen molar-refractivity contribution < 1.29 is 0 Å². The van der Waals surface area contributed by atoms with Gasteiger partial charge in [0.05, 0.1) is 17.9 Å². The number of aromatic nitrogens is 3. The molecule has 0 spiro atoms. The average Bonchev–Trinajstić information content (AvgIpc) is 2.63. The predicted molar refractivity (Wildman–Crippen MR) is 54.8 cm³/mol. The van der Waals surface area contributed by atoms with E-state index in [-0.39, 0.29) is 0 Å². The lowest BCUT2D eigenvalue weighted by Crippen LogP contribution is -2.05. The first-order valence-electron chi connectivity index (χ1n) is 4.47. The number of rotatable bonds is 3. The first-order valence-corrected chi connectivity index (χ1v) is 4.47. The Labute approximate surface area is 82.6 Å². The molecular formula is C10H12N4. The summed E-state index contributed by atoms with van der Waals surface area (Å²) in [5.41, 5.74) is 2.17. The van der Waals surface area contributed by atoms with Crippen molar-refractivity contribution in [1.82, 2.24) is 14.8 Å². The van der Waals surface area contributed by atoms with E-state index in [1.54, 1.807) is 18.6 Å². The summed E-state index contributed by atoms with van der Waals surface area (Å²) in [6.45, 7) is 0.766. The second-order valence-electron chi connectivity index (χ2n) is 3.04. The van der Waals surface area contributed by atoms with Crippen molar-refractivity contribution in [3.05, 3.63) is 42.5 Å². The highest BCUT2D eigenvalue weighted by Gasteiger charge is 1.97. The molecule has 1 N–H and O–H groups in total.